The number of rotatable bonds is 11. The van der Waals surface area contributed by atoms with Crippen molar-refractivity contribution in [1.29, 1.82) is 0 Å². The SMILES string of the molecule is CC1=C(c2ccc(Cl)cc2)S(=O)(=O)NC1=NCCCN1CCN(C)CC1.NC[C@H]1O[C@H](O[C@H]2[C@H](O)[C@@H](O[C@H]3O[C@H](CO)[C@@H](O)[C@H](N)[C@H]3O)[C@H](N)C[C@@H]2N)[C@H](O)[C@@H](O)[C@@H]1O. The van der Waals surface area contributed by atoms with Gasteiger partial charge < -0.3 is 87.4 Å². The molecule has 0 amide bonds. The van der Waals surface area contributed by atoms with Crippen molar-refractivity contribution in [1.82, 2.24) is 14.5 Å². The van der Waals surface area contributed by atoms with E-state index in [9.17, 15) is 44.2 Å². The minimum Gasteiger partial charge on any atom is -0.394 e. The molecule has 0 bridgehead atoms. The van der Waals surface area contributed by atoms with Crippen molar-refractivity contribution < 1.29 is 63.1 Å². The van der Waals surface area contributed by atoms with Gasteiger partial charge in [-0.05, 0) is 51.1 Å². The third kappa shape index (κ3) is 11.3. The van der Waals surface area contributed by atoms with Gasteiger partial charge in [0.2, 0.25) is 0 Å². The molecule has 21 nitrogen and oxygen atoms in total. The quantitative estimate of drug-likeness (QED) is 0.0924. The molecule has 336 valence electrons. The molecule has 0 spiro atoms. The number of aliphatic hydroxyl groups is 7. The number of nitrogens with two attached hydrogens (primary N) is 4. The molecule has 15 atom stereocenters. The van der Waals surface area contributed by atoms with Crippen molar-refractivity contribution in [2.45, 2.75) is 112 Å². The van der Waals surface area contributed by atoms with Crippen molar-refractivity contribution >= 4 is 32.4 Å². The van der Waals surface area contributed by atoms with Gasteiger partial charge >= 0.3 is 0 Å². The van der Waals surface area contributed by atoms with E-state index >= 15 is 0 Å². The molecule has 3 saturated heterocycles. The lowest BCUT2D eigenvalue weighted by molar-refractivity contribution is -0.332. The monoisotopic (exact) mass is 880 g/mol. The highest BCUT2D eigenvalue weighted by Gasteiger charge is 2.51. The predicted octanol–water partition coefficient (Wildman–Crippen LogP) is -5.25. The van der Waals surface area contributed by atoms with Crippen LogP contribution in [0.25, 0.3) is 4.91 Å². The molecule has 5 aliphatic rings. The zero-order chi connectivity index (χ0) is 43.3. The highest BCUT2D eigenvalue weighted by Crippen LogP contribution is 2.32. The van der Waals surface area contributed by atoms with Crippen LogP contribution in [0.2, 0.25) is 5.02 Å². The van der Waals surface area contributed by atoms with E-state index in [-0.39, 0.29) is 17.9 Å². The topological polar surface area (TPSA) is 348 Å². The lowest BCUT2D eigenvalue weighted by atomic mass is 9.84. The summed E-state index contributed by atoms with van der Waals surface area (Å²) < 4.78 is 49.7. The van der Waals surface area contributed by atoms with Crippen LogP contribution in [-0.4, -0.2) is 211 Å². The number of halogens is 1. The Morgan fingerprint density at radius 1 is 0.847 bits per heavy atom. The summed E-state index contributed by atoms with van der Waals surface area (Å²) in [5.74, 6) is 0.452. The Hall–Kier alpha value is -2.01. The van der Waals surface area contributed by atoms with Gasteiger partial charge in [0.1, 0.15) is 71.8 Å². The summed E-state index contributed by atoms with van der Waals surface area (Å²) in [6.45, 7) is 6.99. The molecule has 4 aliphatic heterocycles. The second-order valence-electron chi connectivity index (χ2n) is 15.6. The van der Waals surface area contributed by atoms with E-state index < -0.39 is 108 Å². The highest BCUT2D eigenvalue weighted by atomic mass is 35.5. The number of piperazine rings is 1. The van der Waals surface area contributed by atoms with E-state index in [0.717, 1.165) is 39.1 Å². The molecular formula is C36H61ClN8O13S. The summed E-state index contributed by atoms with van der Waals surface area (Å²) in [6.07, 6.45) is -15.5. The Labute approximate surface area is 348 Å². The third-order valence-electron chi connectivity index (χ3n) is 11.3. The molecule has 59 heavy (non-hydrogen) atoms. The molecule has 1 aromatic rings. The lowest BCUT2D eigenvalue weighted by Crippen LogP contribution is -2.68. The van der Waals surface area contributed by atoms with Gasteiger partial charge in [0.05, 0.1) is 12.6 Å². The van der Waals surface area contributed by atoms with Crippen LogP contribution in [-0.2, 0) is 29.0 Å². The number of likely N-dealkylation sites (N-methyl/N-ethyl adjacent to an activating group) is 1. The number of amidine groups is 1. The summed E-state index contributed by atoms with van der Waals surface area (Å²) in [7, 11) is -1.43. The smallest absolute Gasteiger partial charge is 0.264 e. The normalized spacial score (nSPS) is 40.1. The fourth-order valence-corrected chi connectivity index (χ4v) is 9.29. The van der Waals surface area contributed by atoms with Gasteiger partial charge in [-0.3, -0.25) is 9.71 Å². The molecule has 0 radical (unpaired) electrons. The van der Waals surface area contributed by atoms with Crippen LogP contribution >= 0.6 is 11.6 Å². The Kier molecular flexibility index (Phi) is 17.0. The summed E-state index contributed by atoms with van der Waals surface area (Å²) in [5.41, 5.74) is 24.8. The Morgan fingerprint density at radius 3 is 2.00 bits per heavy atom. The van der Waals surface area contributed by atoms with Crippen LogP contribution in [0.3, 0.4) is 0 Å². The van der Waals surface area contributed by atoms with Gasteiger partial charge in [-0.1, -0.05) is 23.7 Å². The van der Waals surface area contributed by atoms with Crippen LogP contribution in [0.4, 0.5) is 0 Å². The van der Waals surface area contributed by atoms with Crippen molar-refractivity contribution in [2.75, 3.05) is 59.5 Å². The number of sulfonamides is 1. The number of aliphatic hydroxyl groups excluding tert-OH is 7. The highest BCUT2D eigenvalue weighted by molar-refractivity contribution is 8.00. The van der Waals surface area contributed by atoms with Gasteiger partial charge in [-0.25, -0.2) is 8.42 Å². The number of ether oxygens (including phenoxy) is 4. The molecule has 16 N–H and O–H groups in total. The fourth-order valence-electron chi connectivity index (χ4n) is 7.64. The molecule has 0 aromatic heterocycles. The second kappa shape index (κ2) is 20.9. The molecule has 4 fully saturated rings. The van der Waals surface area contributed by atoms with E-state index in [1.807, 2.05) is 0 Å². The maximum Gasteiger partial charge on any atom is 0.264 e. The van der Waals surface area contributed by atoms with E-state index in [2.05, 4.69) is 26.6 Å². The maximum atomic E-state index is 12.5. The number of hydrogen-bond donors (Lipinski definition) is 12. The average molecular weight is 881 g/mol. The predicted molar refractivity (Wildman–Crippen MR) is 215 cm³/mol. The first-order valence-corrected chi connectivity index (χ1v) is 21.5. The minimum absolute atomic E-state index is 0.0849. The van der Waals surface area contributed by atoms with Crippen molar-refractivity contribution in [3.63, 3.8) is 0 Å². The summed E-state index contributed by atoms with van der Waals surface area (Å²) in [4.78, 5) is 9.54. The fraction of sp³-hybridized carbons (Fsp3) is 0.750. The zero-order valence-electron chi connectivity index (χ0n) is 33.1. The molecule has 0 unspecified atom stereocenters. The van der Waals surface area contributed by atoms with Crippen molar-refractivity contribution in [2.24, 2.45) is 27.9 Å². The van der Waals surface area contributed by atoms with Gasteiger partial charge in [0.15, 0.2) is 12.6 Å². The van der Waals surface area contributed by atoms with Crippen LogP contribution in [0, 0.1) is 0 Å². The summed E-state index contributed by atoms with van der Waals surface area (Å²) >= 11 is 5.90. The molecule has 6 rings (SSSR count). The third-order valence-corrected chi connectivity index (χ3v) is 13.1. The Balaban J connectivity index is 0.000000230. The maximum absolute atomic E-state index is 12.5. The first-order chi connectivity index (χ1) is 27.9. The first-order valence-electron chi connectivity index (χ1n) is 19.6. The van der Waals surface area contributed by atoms with Gasteiger partial charge in [0.25, 0.3) is 10.0 Å². The number of nitrogens with one attached hydrogen (secondary N) is 1. The molecule has 4 heterocycles. The Bertz CT molecular complexity index is 1640. The second-order valence-corrected chi connectivity index (χ2v) is 17.6. The standard InChI is InChI=1S/C18H25ClN4O2S.C18H36N4O11/c1-14-17(15-4-6-16(19)7-5-15)26(24,25)21-18(14)20-8-3-9-23-12-10-22(2)11-13-23;19-2-6-10(25)12(27)13(28)18(30-6)33-16-5(21)1-4(20)15(14(16)29)32-17-11(26)8(22)9(24)7(3-23)31-17/h4-7H,3,8-13H2,1-2H3,(H,20,21);4-18,23-29H,1-3,19-22H2/t;4-,5+,6-,7-,8+,9-,10-,11-,12+,13-,14-,15+,16-,17-,18-/m.1/s1. The zero-order valence-corrected chi connectivity index (χ0v) is 34.6. The van der Waals surface area contributed by atoms with Crippen LogP contribution < -0.4 is 27.7 Å². The molecule has 1 aromatic carbocycles. The number of hydrogen-bond acceptors (Lipinski definition) is 20. The number of nitrogens with zero attached hydrogens (tertiary/aromatic N) is 3. The van der Waals surface area contributed by atoms with Crippen LogP contribution in [0.15, 0.2) is 34.8 Å². The number of aliphatic imine (C=N–C) groups is 1. The van der Waals surface area contributed by atoms with Gasteiger partial charge in [-0.2, -0.15) is 0 Å². The van der Waals surface area contributed by atoms with Crippen molar-refractivity contribution in [3.05, 3.63) is 40.4 Å². The van der Waals surface area contributed by atoms with Gasteiger partial charge in [-0.15, -0.1) is 0 Å². The first kappa shape index (κ1) is 48.0. The average Bonchev–Trinajstić information content (AvgIpc) is 3.44. The lowest BCUT2D eigenvalue weighted by Gasteiger charge is -2.48. The van der Waals surface area contributed by atoms with E-state index in [1.54, 1.807) is 31.2 Å². The number of benzene rings is 1. The molecule has 1 saturated carbocycles. The molecule has 23 heteroatoms. The van der Waals surface area contributed by atoms with Crippen LogP contribution in [0.1, 0.15) is 25.3 Å². The van der Waals surface area contributed by atoms with Crippen molar-refractivity contribution in [3.8, 4) is 0 Å². The van der Waals surface area contributed by atoms with E-state index in [4.69, 9.17) is 53.5 Å². The van der Waals surface area contributed by atoms with E-state index in [0.29, 0.717) is 28.5 Å². The minimum atomic E-state index is -3.58. The molecular weight excluding hydrogens is 820 g/mol. The Morgan fingerprint density at radius 2 is 1.42 bits per heavy atom. The van der Waals surface area contributed by atoms with Crippen LogP contribution in [0.5, 0.6) is 0 Å². The summed E-state index contributed by atoms with van der Waals surface area (Å²) in [5, 5.41) is 71.5. The summed E-state index contributed by atoms with van der Waals surface area (Å²) in [6, 6.07) is 3.96. The van der Waals surface area contributed by atoms with E-state index in [1.165, 1.54) is 0 Å². The van der Waals surface area contributed by atoms with Gasteiger partial charge in [0, 0.05) is 61.9 Å². The largest absolute Gasteiger partial charge is 0.394 e. The molecule has 1 aliphatic carbocycles.